The Bertz CT molecular complexity index is 482. The predicted octanol–water partition coefficient (Wildman–Crippen LogP) is 2.76. The normalized spacial score (nSPS) is 15.6. The van der Waals surface area contributed by atoms with E-state index in [0.717, 1.165) is 24.4 Å². The average Bonchev–Trinajstić information content (AvgIpc) is 2.77. The molecule has 0 aliphatic heterocycles. The second-order valence-corrected chi connectivity index (χ2v) is 5.67. The second-order valence-electron chi connectivity index (χ2n) is 5.67. The maximum Gasteiger partial charge on any atom is 0.323 e. The first-order valence-corrected chi connectivity index (χ1v) is 7.75. The van der Waals surface area contributed by atoms with Gasteiger partial charge in [-0.15, -0.1) is 0 Å². The van der Waals surface area contributed by atoms with Gasteiger partial charge in [0.25, 0.3) is 0 Å². The van der Waals surface area contributed by atoms with Crippen LogP contribution < -0.4 is 5.32 Å². The monoisotopic (exact) mass is 295 g/mol. The van der Waals surface area contributed by atoms with E-state index >= 15 is 0 Å². The zero-order valence-corrected chi connectivity index (χ0v) is 14.4. The maximum absolute atomic E-state index is 12.0. The lowest BCUT2D eigenvalue weighted by Crippen LogP contribution is -2.43. The third kappa shape index (κ3) is 3.84. The van der Waals surface area contributed by atoms with Gasteiger partial charge in [-0.3, -0.25) is 14.8 Å². The molecule has 5 nitrogen and oxygen atoms in total. The average molecular weight is 295 g/mol. The van der Waals surface area contributed by atoms with E-state index in [1.807, 2.05) is 11.6 Å². The maximum atomic E-state index is 12.0. The molecule has 3 atom stereocenters. The van der Waals surface area contributed by atoms with E-state index in [2.05, 4.69) is 45.0 Å². The Kier molecular flexibility index (Phi) is 6.40. The number of nitrogens with zero attached hydrogens (tertiary/aromatic N) is 2. The summed E-state index contributed by atoms with van der Waals surface area (Å²) in [6, 6.07) is -0.234. The first kappa shape index (κ1) is 17.7. The number of ether oxygens (including phenoxy) is 1. The smallest absolute Gasteiger partial charge is 0.323 e. The number of carbonyl (C=O) groups excluding carboxylic acids is 1. The molecule has 0 aliphatic rings. The van der Waals surface area contributed by atoms with Crippen molar-refractivity contribution in [1.29, 1.82) is 0 Å². The Morgan fingerprint density at radius 1 is 1.33 bits per heavy atom. The molecule has 0 radical (unpaired) electrons. The summed E-state index contributed by atoms with van der Waals surface area (Å²) in [7, 11) is 1.44. The van der Waals surface area contributed by atoms with Crippen molar-refractivity contribution in [2.24, 2.45) is 5.92 Å². The molecule has 120 valence electrons. The van der Waals surface area contributed by atoms with Crippen molar-refractivity contribution in [3.05, 3.63) is 17.0 Å². The highest BCUT2D eigenvalue weighted by atomic mass is 16.5. The lowest BCUT2D eigenvalue weighted by Gasteiger charge is -2.26. The Balaban J connectivity index is 2.99. The number of aryl methyl sites for hydroxylation is 2. The van der Waals surface area contributed by atoms with Gasteiger partial charge in [-0.1, -0.05) is 20.3 Å². The van der Waals surface area contributed by atoms with Crippen molar-refractivity contribution in [1.82, 2.24) is 15.1 Å². The molecule has 1 aromatic rings. The van der Waals surface area contributed by atoms with Gasteiger partial charge in [0.1, 0.15) is 6.04 Å². The van der Waals surface area contributed by atoms with Gasteiger partial charge < -0.3 is 4.74 Å². The highest BCUT2D eigenvalue weighted by Gasteiger charge is 2.28. The topological polar surface area (TPSA) is 56.2 Å². The van der Waals surface area contributed by atoms with Crippen LogP contribution in [0.4, 0.5) is 0 Å². The van der Waals surface area contributed by atoms with Crippen molar-refractivity contribution in [2.45, 2.75) is 66.6 Å². The van der Waals surface area contributed by atoms with Crippen LogP contribution in [0.15, 0.2) is 0 Å². The number of carbonyl (C=O) groups is 1. The molecule has 1 N–H and O–H groups in total. The third-order valence-corrected chi connectivity index (χ3v) is 4.27. The molecule has 0 fully saturated rings. The Labute approximate surface area is 128 Å². The number of rotatable bonds is 7. The first-order valence-electron chi connectivity index (χ1n) is 7.75. The van der Waals surface area contributed by atoms with E-state index in [1.54, 1.807) is 0 Å². The molecular formula is C16H29N3O2. The summed E-state index contributed by atoms with van der Waals surface area (Å²) in [5.74, 6) is 0.0242. The highest BCUT2D eigenvalue weighted by Crippen LogP contribution is 2.23. The van der Waals surface area contributed by atoms with Gasteiger partial charge in [0, 0.05) is 23.8 Å². The second kappa shape index (κ2) is 7.59. The number of aromatic nitrogens is 2. The summed E-state index contributed by atoms with van der Waals surface area (Å²) >= 11 is 0. The van der Waals surface area contributed by atoms with Crippen LogP contribution >= 0.6 is 0 Å². The van der Waals surface area contributed by atoms with Crippen LogP contribution in [-0.2, 0) is 16.1 Å². The van der Waals surface area contributed by atoms with Gasteiger partial charge in [-0.05, 0) is 33.6 Å². The van der Waals surface area contributed by atoms with E-state index in [9.17, 15) is 4.79 Å². The van der Waals surface area contributed by atoms with Crippen LogP contribution in [0.5, 0.6) is 0 Å². The van der Waals surface area contributed by atoms with Crippen LogP contribution in [-0.4, -0.2) is 28.9 Å². The van der Waals surface area contributed by atoms with Crippen LogP contribution in [0, 0.1) is 19.8 Å². The summed E-state index contributed by atoms with van der Waals surface area (Å²) in [5, 5.41) is 7.97. The van der Waals surface area contributed by atoms with E-state index in [1.165, 1.54) is 12.7 Å². The lowest BCUT2D eigenvalue weighted by atomic mass is 9.96. The van der Waals surface area contributed by atoms with E-state index in [0.29, 0.717) is 0 Å². The molecule has 3 unspecified atom stereocenters. The summed E-state index contributed by atoms with van der Waals surface area (Å²) in [6.07, 6.45) is 0.922. The molecule has 1 rings (SSSR count). The molecule has 0 bridgehead atoms. The largest absolute Gasteiger partial charge is 0.468 e. The van der Waals surface area contributed by atoms with Crippen LogP contribution in [0.2, 0.25) is 0 Å². The molecule has 0 spiro atoms. The lowest BCUT2D eigenvalue weighted by molar-refractivity contribution is -0.144. The molecule has 1 heterocycles. The molecular weight excluding hydrogens is 266 g/mol. The fourth-order valence-electron chi connectivity index (χ4n) is 2.83. The minimum absolute atomic E-state index is 0.0587. The van der Waals surface area contributed by atoms with Crippen LogP contribution in [0.3, 0.4) is 0 Å². The van der Waals surface area contributed by atoms with Crippen molar-refractivity contribution >= 4 is 5.97 Å². The number of hydrogen-bond acceptors (Lipinski definition) is 4. The molecule has 21 heavy (non-hydrogen) atoms. The summed E-state index contributed by atoms with van der Waals surface area (Å²) in [5.41, 5.74) is 3.35. The molecule has 5 heteroatoms. The molecule has 0 saturated heterocycles. The molecule has 0 saturated carbocycles. The number of methoxy groups -OCH3 is 1. The zero-order valence-electron chi connectivity index (χ0n) is 14.4. The van der Waals surface area contributed by atoms with Crippen LogP contribution in [0.1, 0.15) is 57.1 Å². The van der Waals surface area contributed by atoms with E-state index in [4.69, 9.17) is 4.74 Å². The zero-order chi connectivity index (χ0) is 16.2. The van der Waals surface area contributed by atoms with Gasteiger partial charge in [-0.2, -0.15) is 5.10 Å². The summed E-state index contributed by atoms with van der Waals surface area (Å²) < 4.78 is 6.94. The van der Waals surface area contributed by atoms with Crippen LogP contribution in [0.25, 0.3) is 0 Å². The predicted molar refractivity (Wildman–Crippen MR) is 84.2 cm³/mol. The van der Waals surface area contributed by atoms with E-state index in [-0.39, 0.29) is 24.0 Å². The van der Waals surface area contributed by atoms with Gasteiger partial charge in [-0.25, -0.2) is 0 Å². The molecule has 0 amide bonds. The fourth-order valence-corrected chi connectivity index (χ4v) is 2.83. The summed E-state index contributed by atoms with van der Waals surface area (Å²) in [4.78, 5) is 12.0. The van der Waals surface area contributed by atoms with Gasteiger partial charge in [0.15, 0.2) is 0 Å². The Morgan fingerprint density at radius 2 is 1.95 bits per heavy atom. The third-order valence-electron chi connectivity index (χ3n) is 4.27. The number of esters is 1. The van der Waals surface area contributed by atoms with Crippen molar-refractivity contribution in [3.8, 4) is 0 Å². The van der Waals surface area contributed by atoms with Gasteiger partial charge in [0.2, 0.25) is 0 Å². The van der Waals surface area contributed by atoms with Gasteiger partial charge >= 0.3 is 5.97 Å². The standard InChI is InChI=1S/C16H29N3O2/c1-8-10(3)15(16(20)21-7)17-11(4)14-12(5)18-19(9-2)13(14)6/h10-11,15,17H,8-9H2,1-7H3. The van der Waals surface area contributed by atoms with Crippen molar-refractivity contribution in [2.75, 3.05) is 7.11 Å². The Hall–Kier alpha value is -1.36. The van der Waals surface area contributed by atoms with E-state index < -0.39 is 0 Å². The number of hydrogen-bond donors (Lipinski definition) is 1. The SMILES string of the molecule is CCC(C)C(NC(C)c1c(C)nn(CC)c1C)C(=O)OC. The quantitative estimate of drug-likeness (QED) is 0.786. The minimum atomic E-state index is -0.293. The Morgan fingerprint density at radius 3 is 2.38 bits per heavy atom. The van der Waals surface area contributed by atoms with Crippen molar-refractivity contribution in [3.63, 3.8) is 0 Å². The minimum Gasteiger partial charge on any atom is -0.468 e. The number of nitrogens with one attached hydrogen (secondary N) is 1. The first-order chi connectivity index (χ1) is 9.87. The highest BCUT2D eigenvalue weighted by molar-refractivity contribution is 5.76. The molecule has 1 aromatic heterocycles. The van der Waals surface area contributed by atoms with Gasteiger partial charge in [0.05, 0.1) is 12.8 Å². The molecule has 0 aromatic carbocycles. The molecule has 0 aliphatic carbocycles. The van der Waals surface area contributed by atoms with Crippen molar-refractivity contribution < 1.29 is 9.53 Å². The summed E-state index contributed by atoms with van der Waals surface area (Å²) in [6.45, 7) is 13.3. The fraction of sp³-hybridized carbons (Fsp3) is 0.750.